The fraction of sp³-hybridized carbons (Fsp3) is 0.231. The van der Waals surface area contributed by atoms with E-state index in [1.807, 2.05) is 29.5 Å². The predicted octanol–water partition coefficient (Wildman–Crippen LogP) is 4.42. The summed E-state index contributed by atoms with van der Waals surface area (Å²) in [6, 6.07) is 9.27. The maximum absolute atomic E-state index is 13.9. The summed E-state index contributed by atoms with van der Waals surface area (Å²) >= 11 is 5.09. The Bertz CT molecular complexity index is 484. The van der Waals surface area contributed by atoms with Crippen LogP contribution in [-0.4, -0.2) is 7.05 Å². The highest BCUT2D eigenvalue weighted by atomic mass is 79.9. The summed E-state index contributed by atoms with van der Waals surface area (Å²) in [6.45, 7) is 0.735. The van der Waals surface area contributed by atoms with Crippen LogP contribution in [0.3, 0.4) is 0 Å². The smallest absolute Gasteiger partial charge is 0.146 e. The Balaban J connectivity index is 2.26. The lowest BCUT2D eigenvalue weighted by Crippen LogP contribution is -2.18. The van der Waals surface area contributed by atoms with Crippen molar-refractivity contribution in [2.75, 3.05) is 11.9 Å². The van der Waals surface area contributed by atoms with Gasteiger partial charge in [0.2, 0.25) is 0 Å². The molecule has 1 nitrogen and oxygen atoms in total. The van der Waals surface area contributed by atoms with E-state index in [2.05, 4.69) is 22.0 Å². The van der Waals surface area contributed by atoms with E-state index in [0.717, 1.165) is 12.1 Å². The van der Waals surface area contributed by atoms with Gasteiger partial charge in [-0.2, -0.15) is 0 Å². The number of alkyl halides is 1. The number of para-hydroxylation sites is 1. The van der Waals surface area contributed by atoms with Gasteiger partial charge >= 0.3 is 0 Å². The molecule has 0 spiro atoms. The number of thiophene rings is 1. The van der Waals surface area contributed by atoms with Crippen molar-refractivity contribution < 1.29 is 4.39 Å². The Morgan fingerprint density at radius 3 is 2.76 bits per heavy atom. The molecule has 1 aromatic carbocycles. The van der Waals surface area contributed by atoms with Gasteiger partial charge in [-0.3, -0.25) is 0 Å². The van der Waals surface area contributed by atoms with Gasteiger partial charge in [0.15, 0.2) is 0 Å². The molecule has 0 aliphatic rings. The first-order chi connectivity index (χ1) is 8.22. The van der Waals surface area contributed by atoms with Gasteiger partial charge in [0.1, 0.15) is 5.82 Å². The van der Waals surface area contributed by atoms with E-state index in [9.17, 15) is 4.39 Å². The third-order valence-corrected chi connectivity index (χ3v) is 4.03. The average molecular weight is 314 g/mol. The van der Waals surface area contributed by atoms with Crippen LogP contribution < -0.4 is 4.90 Å². The third-order valence-electron chi connectivity index (χ3n) is 2.57. The van der Waals surface area contributed by atoms with Crippen molar-refractivity contribution >= 4 is 33.0 Å². The zero-order chi connectivity index (χ0) is 12.3. The summed E-state index contributed by atoms with van der Waals surface area (Å²) in [5.41, 5.74) is 1.65. The quantitative estimate of drug-likeness (QED) is 0.755. The highest BCUT2D eigenvalue weighted by Crippen LogP contribution is 2.27. The Morgan fingerprint density at radius 1 is 1.29 bits per heavy atom. The summed E-state index contributed by atoms with van der Waals surface area (Å²) in [7, 11) is 1.92. The van der Waals surface area contributed by atoms with Crippen molar-refractivity contribution in [2.24, 2.45) is 0 Å². The first-order valence-corrected chi connectivity index (χ1v) is 7.29. The van der Waals surface area contributed by atoms with Crippen LogP contribution in [0.1, 0.15) is 10.4 Å². The standard InChI is InChI=1S/C13H13BrFNS/c1-16(9-11-5-3-7-17-11)13-10(8-14)4-2-6-12(13)15/h2-7H,8-9H2,1H3. The molecule has 90 valence electrons. The summed E-state index contributed by atoms with van der Waals surface area (Å²) < 4.78 is 13.9. The highest BCUT2D eigenvalue weighted by molar-refractivity contribution is 9.08. The van der Waals surface area contributed by atoms with Gasteiger partial charge in [-0.05, 0) is 23.1 Å². The molecule has 0 N–H and O–H groups in total. The molecular formula is C13H13BrFNS. The molecule has 2 aromatic rings. The third kappa shape index (κ3) is 2.87. The monoisotopic (exact) mass is 313 g/mol. The predicted molar refractivity (Wildman–Crippen MR) is 75.5 cm³/mol. The van der Waals surface area contributed by atoms with Gasteiger partial charge in [0.05, 0.1) is 12.2 Å². The number of hydrogen-bond donors (Lipinski definition) is 0. The van der Waals surface area contributed by atoms with Crippen molar-refractivity contribution in [2.45, 2.75) is 11.9 Å². The molecule has 17 heavy (non-hydrogen) atoms. The van der Waals surface area contributed by atoms with Gasteiger partial charge < -0.3 is 4.90 Å². The van der Waals surface area contributed by atoms with Gasteiger partial charge in [0, 0.05) is 17.3 Å². The second kappa shape index (κ2) is 5.65. The molecule has 0 fully saturated rings. The van der Waals surface area contributed by atoms with E-state index in [0.29, 0.717) is 11.0 Å². The number of rotatable bonds is 4. The number of hydrogen-bond acceptors (Lipinski definition) is 2. The summed E-state index contributed by atoms with van der Waals surface area (Å²) in [5.74, 6) is -0.166. The van der Waals surface area contributed by atoms with Gasteiger partial charge in [-0.25, -0.2) is 4.39 Å². The molecule has 2 rings (SSSR count). The molecule has 0 aliphatic carbocycles. The molecule has 0 saturated carbocycles. The molecule has 0 unspecified atom stereocenters. The summed E-state index contributed by atoms with van der Waals surface area (Å²) in [6.07, 6.45) is 0. The van der Waals surface area contributed by atoms with Crippen LogP contribution in [0.15, 0.2) is 35.7 Å². The number of anilines is 1. The molecule has 4 heteroatoms. The number of halogens is 2. The summed E-state index contributed by atoms with van der Waals surface area (Å²) in [5, 5.41) is 2.70. The molecular weight excluding hydrogens is 301 g/mol. The Morgan fingerprint density at radius 2 is 2.12 bits per heavy atom. The Kier molecular flexibility index (Phi) is 4.18. The van der Waals surface area contributed by atoms with Crippen LogP contribution >= 0.6 is 27.3 Å². The Labute approximate surface area is 113 Å². The van der Waals surface area contributed by atoms with Crippen molar-refractivity contribution in [1.29, 1.82) is 0 Å². The zero-order valence-electron chi connectivity index (χ0n) is 9.49. The van der Waals surface area contributed by atoms with Crippen LogP contribution in [0.25, 0.3) is 0 Å². The van der Waals surface area contributed by atoms with Crippen LogP contribution in [-0.2, 0) is 11.9 Å². The maximum atomic E-state index is 13.9. The summed E-state index contributed by atoms with van der Waals surface area (Å²) in [4.78, 5) is 3.19. The van der Waals surface area contributed by atoms with Crippen molar-refractivity contribution in [1.82, 2.24) is 0 Å². The van der Waals surface area contributed by atoms with Crippen LogP contribution in [0, 0.1) is 5.82 Å². The number of benzene rings is 1. The fourth-order valence-electron chi connectivity index (χ4n) is 1.81. The van der Waals surface area contributed by atoms with Crippen molar-refractivity contribution in [3.05, 3.63) is 52.0 Å². The molecule has 1 aromatic heterocycles. The first-order valence-electron chi connectivity index (χ1n) is 5.29. The lowest BCUT2D eigenvalue weighted by Gasteiger charge is -2.21. The zero-order valence-corrected chi connectivity index (χ0v) is 11.9. The topological polar surface area (TPSA) is 3.24 Å². The number of nitrogens with zero attached hydrogens (tertiary/aromatic N) is 1. The van der Waals surface area contributed by atoms with Crippen molar-refractivity contribution in [3.8, 4) is 0 Å². The molecule has 0 bridgehead atoms. The lowest BCUT2D eigenvalue weighted by atomic mass is 10.1. The molecule has 0 saturated heterocycles. The molecule has 0 amide bonds. The minimum atomic E-state index is -0.166. The van der Waals surface area contributed by atoms with E-state index in [4.69, 9.17) is 0 Å². The average Bonchev–Trinajstić information content (AvgIpc) is 2.81. The second-order valence-electron chi connectivity index (χ2n) is 3.82. The largest absolute Gasteiger partial charge is 0.367 e. The van der Waals surface area contributed by atoms with Crippen LogP contribution in [0.4, 0.5) is 10.1 Å². The normalized spacial score (nSPS) is 10.5. The minimum absolute atomic E-state index is 0.166. The second-order valence-corrected chi connectivity index (χ2v) is 5.41. The molecule has 0 aliphatic heterocycles. The first kappa shape index (κ1) is 12.6. The van der Waals surface area contributed by atoms with Gasteiger partial charge in [0.25, 0.3) is 0 Å². The molecule has 0 radical (unpaired) electrons. The van der Waals surface area contributed by atoms with Gasteiger partial charge in [-0.1, -0.05) is 34.1 Å². The lowest BCUT2D eigenvalue weighted by molar-refractivity contribution is 0.621. The van der Waals surface area contributed by atoms with Crippen LogP contribution in [0.2, 0.25) is 0 Å². The van der Waals surface area contributed by atoms with E-state index in [1.165, 1.54) is 10.9 Å². The van der Waals surface area contributed by atoms with E-state index >= 15 is 0 Å². The molecule has 1 heterocycles. The molecule has 0 atom stereocenters. The van der Waals surface area contributed by atoms with Crippen molar-refractivity contribution in [3.63, 3.8) is 0 Å². The van der Waals surface area contributed by atoms with Gasteiger partial charge in [-0.15, -0.1) is 11.3 Å². The van der Waals surface area contributed by atoms with E-state index in [-0.39, 0.29) is 5.82 Å². The fourth-order valence-corrected chi connectivity index (χ4v) is 3.02. The highest BCUT2D eigenvalue weighted by Gasteiger charge is 2.12. The Hall–Kier alpha value is -0.870. The minimum Gasteiger partial charge on any atom is -0.367 e. The van der Waals surface area contributed by atoms with E-state index < -0.39 is 0 Å². The van der Waals surface area contributed by atoms with E-state index in [1.54, 1.807) is 17.4 Å². The van der Waals surface area contributed by atoms with Crippen LogP contribution in [0.5, 0.6) is 0 Å². The maximum Gasteiger partial charge on any atom is 0.146 e. The SMILES string of the molecule is CN(Cc1cccs1)c1c(F)cccc1CBr.